The molecule has 0 aliphatic heterocycles. The van der Waals surface area contributed by atoms with Gasteiger partial charge in [-0.3, -0.25) is 4.79 Å². The van der Waals surface area contributed by atoms with Gasteiger partial charge in [-0.15, -0.1) is 0 Å². The number of nitrogens with zero attached hydrogens (tertiary/aromatic N) is 3. The highest BCUT2D eigenvalue weighted by Gasteiger charge is 2.18. The molecular weight excluding hydrogens is 304 g/mol. The van der Waals surface area contributed by atoms with Gasteiger partial charge in [-0.1, -0.05) is 11.3 Å². The summed E-state index contributed by atoms with van der Waals surface area (Å²) in [5, 5.41) is 6.87. The highest BCUT2D eigenvalue weighted by atomic mass is 32.1. The lowest BCUT2D eigenvalue weighted by Crippen LogP contribution is -2.16. The third-order valence-electron chi connectivity index (χ3n) is 3.10. The number of imidazole rings is 1. The number of benzene rings is 1. The first-order chi connectivity index (χ1) is 10.6. The molecule has 2 aromatic heterocycles. The first-order valence-electron chi connectivity index (χ1n) is 6.38. The molecule has 3 aromatic rings. The number of nitrogens with one attached hydrogen (secondary N) is 1. The molecule has 0 bridgehead atoms. The van der Waals surface area contributed by atoms with E-state index in [1.165, 1.54) is 23.0 Å². The Morgan fingerprint density at radius 3 is 2.68 bits per heavy atom. The Morgan fingerprint density at radius 2 is 2.00 bits per heavy atom. The standard InChI is InChI=1S/C14H12N4O3S/c1-8-11(18-14(16-8)22-7-15-18)12(19)17-10-5-3-9(4-6-10)13(20)21-2/h3-7H,1-2H3,(H,17,19). The summed E-state index contributed by atoms with van der Waals surface area (Å²) < 4.78 is 6.14. The van der Waals surface area contributed by atoms with Gasteiger partial charge < -0.3 is 10.1 Å². The maximum Gasteiger partial charge on any atom is 0.337 e. The van der Waals surface area contributed by atoms with E-state index >= 15 is 0 Å². The smallest absolute Gasteiger partial charge is 0.337 e. The van der Waals surface area contributed by atoms with E-state index in [0.717, 1.165) is 0 Å². The van der Waals surface area contributed by atoms with Crippen molar-refractivity contribution in [2.45, 2.75) is 6.92 Å². The van der Waals surface area contributed by atoms with Gasteiger partial charge in [0.2, 0.25) is 4.96 Å². The number of esters is 1. The zero-order valence-corrected chi connectivity index (χ0v) is 12.7. The summed E-state index contributed by atoms with van der Waals surface area (Å²) in [5.41, 5.74) is 3.63. The summed E-state index contributed by atoms with van der Waals surface area (Å²) in [6.45, 7) is 1.76. The van der Waals surface area contributed by atoms with Crippen molar-refractivity contribution in [2.75, 3.05) is 12.4 Å². The van der Waals surface area contributed by atoms with Crippen LogP contribution >= 0.6 is 11.3 Å². The number of rotatable bonds is 3. The Hall–Kier alpha value is -2.74. The van der Waals surface area contributed by atoms with Crippen molar-refractivity contribution in [2.24, 2.45) is 0 Å². The van der Waals surface area contributed by atoms with Crippen LogP contribution in [-0.4, -0.2) is 33.6 Å². The van der Waals surface area contributed by atoms with Crippen LogP contribution in [0.5, 0.6) is 0 Å². The fourth-order valence-electron chi connectivity index (χ4n) is 2.05. The molecule has 2 heterocycles. The van der Waals surface area contributed by atoms with Gasteiger partial charge in [-0.25, -0.2) is 9.78 Å². The summed E-state index contributed by atoms with van der Waals surface area (Å²) in [4.78, 5) is 28.7. The fourth-order valence-corrected chi connectivity index (χ4v) is 2.72. The summed E-state index contributed by atoms with van der Waals surface area (Å²) >= 11 is 1.36. The molecule has 0 aliphatic rings. The highest BCUT2D eigenvalue weighted by Crippen LogP contribution is 2.17. The first kappa shape index (κ1) is 14.2. The van der Waals surface area contributed by atoms with Gasteiger partial charge in [0.25, 0.3) is 5.91 Å². The molecule has 0 unspecified atom stereocenters. The zero-order chi connectivity index (χ0) is 15.7. The fraction of sp³-hybridized carbons (Fsp3) is 0.143. The lowest BCUT2D eigenvalue weighted by Gasteiger charge is -2.05. The number of aryl methyl sites for hydroxylation is 1. The Labute approximate surface area is 129 Å². The van der Waals surface area contributed by atoms with Gasteiger partial charge >= 0.3 is 5.97 Å². The van der Waals surface area contributed by atoms with Crippen LogP contribution in [0.3, 0.4) is 0 Å². The molecule has 8 heteroatoms. The van der Waals surface area contributed by atoms with Crippen molar-refractivity contribution in [1.29, 1.82) is 0 Å². The number of carbonyl (C=O) groups excluding carboxylic acids is 2. The predicted octanol–water partition coefficient (Wildman–Crippen LogP) is 2.14. The van der Waals surface area contributed by atoms with Crippen molar-refractivity contribution < 1.29 is 14.3 Å². The van der Waals surface area contributed by atoms with E-state index in [9.17, 15) is 9.59 Å². The zero-order valence-electron chi connectivity index (χ0n) is 11.9. The van der Waals surface area contributed by atoms with Crippen molar-refractivity contribution in [3.63, 3.8) is 0 Å². The summed E-state index contributed by atoms with van der Waals surface area (Å²) in [6, 6.07) is 6.45. The molecule has 0 atom stereocenters. The van der Waals surface area contributed by atoms with Gasteiger partial charge in [0.15, 0.2) is 5.69 Å². The van der Waals surface area contributed by atoms with Crippen molar-refractivity contribution in [1.82, 2.24) is 14.6 Å². The lowest BCUT2D eigenvalue weighted by molar-refractivity contribution is 0.0600. The van der Waals surface area contributed by atoms with Crippen LogP contribution < -0.4 is 5.32 Å². The number of methoxy groups -OCH3 is 1. The van der Waals surface area contributed by atoms with Gasteiger partial charge in [-0.2, -0.15) is 9.61 Å². The van der Waals surface area contributed by atoms with E-state index in [4.69, 9.17) is 0 Å². The SMILES string of the molecule is COC(=O)c1ccc(NC(=O)c2c(C)nc3scnn23)cc1. The molecule has 1 N–H and O–H groups in total. The summed E-state index contributed by atoms with van der Waals surface area (Å²) in [7, 11) is 1.32. The van der Waals surface area contributed by atoms with Crippen LogP contribution in [-0.2, 0) is 4.74 Å². The first-order valence-corrected chi connectivity index (χ1v) is 7.26. The Balaban J connectivity index is 1.83. The molecule has 0 saturated heterocycles. The number of anilines is 1. The minimum absolute atomic E-state index is 0.304. The Kier molecular flexibility index (Phi) is 3.60. The second-order valence-corrected chi connectivity index (χ2v) is 5.31. The van der Waals surface area contributed by atoms with Crippen LogP contribution in [0.15, 0.2) is 29.8 Å². The average molecular weight is 316 g/mol. The van der Waals surface area contributed by atoms with E-state index in [-0.39, 0.29) is 5.91 Å². The molecule has 1 amide bonds. The molecule has 0 spiro atoms. The maximum atomic E-state index is 12.4. The maximum absolute atomic E-state index is 12.4. The Bertz CT molecular complexity index is 851. The summed E-state index contributed by atoms with van der Waals surface area (Å²) in [5.74, 6) is -0.726. The Morgan fingerprint density at radius 1 is 1.27 bits per heavy atom. The second kappa shape index (κ2) is 5.57. The highest BCUT2D eigenvalue weighted by molar-refractivity contribution is 7.14. The minimum atomic E-state index is -0.423. The van der Waals surface area contributed by atoms with E-state index in [1.54, 1.807) is 36.7 Å². The average Bonchev–Trinajstić information content (AvgIpc) is 3.06. The van der Waals surface area contributed by atoms with Crippen LogP contribution in [0.1, 0.15) is 26.5 Å². The molecule has 0 aliphatic carbocycles. The normalized spacial score (nSPS) is 10.6. The largest absolute Gasteiger partial charge is 0.465 e. The van der Waals surface area contributed by atoms with Crippen molar-refractivity contribution in [3.05, 3.63) is 46.7 Å². The van der Waals surface area contributed by atoms with Crippen LogP contribution in [0.4, 0.5) is 5.69 Å². The van der Waals surface area contributed by atoms with Gasteiger partial charge in [0.1, 0.15) is 5.51 Å². The molecule has 112 valence electrons. The number of aromatic nitrogens is 3. The van der Waals surface area contributed by atoms with Crippen LogP contribution in [0.2, 0.25) is 0 Å². The van der Waals surface area contributed by atoms with Crippen LogP contribution in [0, 0.1) is 6.92 Å². The topological polar surface area (TPSA) is 85.6 Å². The third-order valence-corrected chi connectivity index (χ3v) is 3.77. The quantitative estimate of drug-likeness (QED) is 0.748. The lowest BCUT2D eigenvalue weighted by atomic mass is 10.2. The monoisotopic (exact) mass is 316 g/mol. The van der Waals surface area contributed by atoms with Crippen molar-refractivity contribution in [3.8, 4) is 0 Å². The van der Waals surface area contributed by atoms with Gasteiger partial charge in [0.05, 0.1) is 18.4 Å². The third kappa shape index (κ3) is 2.44. The molecule has 7 nitrogen and oxygen atoms in total. The summed E-state index contributed by atoms with van der Waals surface area (Å²) in [6.07, 6.45) is 0. The molecular formula is C14H12N4O3S. The number of hydrogen-bond acceptors (Lipinski definition) is 6. The van der Waals surface area contributed by atoms with Gasteiger partial charge in [0, 0.05) is 5.69 Å². The van der Waals surface area contributed by atoms with Crippen molar-refractivity contribution >= 4 is 33.9 Å². The molecule has 1 aromatic carbocycles. The van der Waals surface area contributed by atoms with E-state index in [1.807, 2.05) is 0 Å². The number of fused-ring (bicyclic) bond motifs is 1. The van der Waals surface area contributed by atoms with Crippen LogP contribution in [0.25, 0.3) is 4.96 Å². The number of ether oxygens (including phenoxy) is 1. The number of hydrogen-bond donors (Lipinski definition) is 1. The molecule has 22 heavy (non-hydrogen) atoms. The number of carbonyl (C=O) groups is 2. The van der Waals surface area contributed by atoms with E-state index in [0.29, 0.717) is 27.6 Å². The molecule has 0 radical (unpaired) electrons. The molecule has 0 fully saturated rings. The van der Waals surface area contributed by atoms with E-state index < -0.39 is 5.97 Å². The second-order valence-electron chi connectivity index (χ2n) is 4.50. The minimum Gasteiger partial charge on any atom is -0.465 e. The molecule has 0 saturated carbocycles. The predicted molar refractivity (Wildman–Crippen MR) is 81.3 cm³/mol. The number of amides is 1. The van der Waals surface area contributed by atoms with Gasteiger partial charge in [-0.05, 0) is 31.2 Å². The molecule has 3 rings (SSSR count). The van der Waals surface area contributed by atoms with E-state index in [2.05, 4.69) is 20.1 Å².